The highest BCUT2D eigenvalue weighted by atomic mass is 31.2. The summed E-state index contributed by atoms with van der Waals surface area (Å²) in [7, 11) is -3.56. The van der Waals surface area contributed by atoms with Gasteiger partial charge in [-0.2, -0.15) is 0 Å². The van der Waals surface area contributed by atoms with Gasteiger partial charge in [-0.25, -0.2) is 22.0 Å². The Labute approximate surface area is 82.3 Å². The lowest BCUT2D eigenvalue weighted by atomic mass is 10.3. The lowest BCUT2D eigenvalue weighted by Crippen LogP contribution is -2.20. The van der Waals surface area contributed by atoms with Crippen LogP contribution < -0.4 is 5.30 Å². The predicted octanol–water partition coefficient (Wildman–Crippen LogP) is 2.63. The van der Waals surface area contributed by atoms with Crippen LogP contribution in [0.1, 0.15) is 0 Å². The van der Waals surface area contributed by atoms with Gasteiger partial charge in [-0.1, -0.05) is 0 Å². The molecule has 1 nitrogen and oxygen atoms in total. The molecule has 0 fully saturated rings. The minimum absolute atomic E-state index is 0.922. The number of hydrogen-bond donors (Lipinski definition) is 0. The summed E-state index contributed by atoms with van der Waals surface area (Å²) < 4.78 is 75.2. The number of benzene rings is 1. The summed E-state index contributed by atoms with van der Waals surface area (Å²) in [5.74, 6) is -10.5. The van der Waals surface area contributed by atoms with Crippen LogP contribution in [0, 0.1) is 29.1 Å². The molecule has 84 valence electrons. The van der Waals surface area contributed by atoms with Crippen LogP contribution in [0.15, 0.2) is 0 Å². The van der Waals surface area contributed by atoms with E-state index in [2.05, 4.69) is 0 Å². The molecule has 0 saturated heterocycles. The minimum Gasteiger partial charge on any atom is -0.319 e. The van der Waals surface area contributed by atoms with Gasteiger partial charge < -0.3 is 4.57 Å². The Hall–Kier alpha value is -0.900. The third-order valence-corrected chi connectivity index (χ3v) is 3.19. The van der Waals surface area contributed by atoms with E-state index < -0.39 is 41.5 Å². The first kappa shape index (κ1) is 12.2. The smallest absolute Gasteiger partial charge is 0.200 e. The fourth-order valence-electron chi connectivity index (χ4n) is 1.07. The Morgan fingerprint density at radius 3 is 1.27 bits per heavy atom. The third kappa shape index (κ3) is 1.91. The van der Waals surface area contributed by atoms with Gasteiger partial charge in [-0.05, 0) is 13.3 Å². The summed E-state index contributed by atoms with van der Waals surface area (Å²) in [4.78, 5) is 0. The molecule has 0 atom stereocenters. The Morgan fingerprint density at radius 2 is 1.00 bits per heavy atom. The fourth-order valence-corrected chi connectivity index (χ4v) is 2.21. The first-order valence-electron chi connectivity index (χ1n) is 3.75. The van der Waals surface area contributed by atoms with Crippen LogP contribution in [0.25, 0.3) is 0 Å². The molecule has 0 bridgehead atoms. The molecule has 1 rings (SSSR count). The average Bonchev–Trinajstić information content (AvgIpc) is 2.09. The van der Waals surface area contributed by atoms with Crippen molar-refractivity contribution in [2.75, 3.05) is 13.3 Å². The van der Waals surface area contributed by atoms with E-state index in [0.717, 1.165) is 13.3 Å². The molecule has 0 radical (unpaired) electrons. The summed E-state index contributed by atoms with van der Waals surface area (Å²) in [5, 5.41) is -1.24. The molecule has 0 N–H and O–H groups in total. The van der Waals surface area contributed by atoms with Crippen molar-refractivity contribution >= 4 is 12.4 Å². The van der Waals surface area contributed by atoms with E-state index in [0.29, 0.717) is 0 Å². The van der Waals surface area contributed by atoms with Crippen LogP contribution in [-0.4, -0.2) is 13.3 Å². The van der Waals surface area contributed by atoms with Gasteiger partial charge in [0.1, 0.15) is 7.14 Å². The van der Waals surface area contributed by atoms with Crippen LogP contribution in [0.4, 0.5) is 22.0 Å². The fraction of sp³-hybridized carbons (Fsp3) is 0.250. The van der Waals surface area contributed by atoms with Crippen molar-refractivity contribution in [3.63, 3.8) is 0 Å². The number of halogens is 5. The summed E-state index contributed by atoms with van der Waals surface area (Å²) in [6.45, 7) is 1.84. The maximum atomic E-state index is 13.0. The van der Waals surface area contributed by atoms with Crippen molar-refractivity contribution in [1.82, 2.24) is 0 Å². The number of rotatable bonds is 1. The van der Waals surface area contributed by atoms with Crippen molar-refractivity contribution < 1.29 is 26.5 Å². The third-order valence-electron chi connectivity index (χ3n) is 1.73. The molecule has 0 amide bonds. The van der Waals surface area contributed by atoms with E-state index in [1.54, 1.807) is 0 Å². The average molecular weight is 244 g/mol. The Bertz CT molecular complexity index is 436. The first-order chi connectivity index (χ1) is 6.68. The van der Waals surface area contributed by atoms with E-state index in [9.17, 15) is 26.5 Å². The summed E-state index contributed by atoms with van der Waals surface area (Å²) in [5.41, 5.74) is 0. The standard InChI is InChI=1S/C8H6F5OP/c1-15(2,14)8-6(12)4(10)3(9)5(11)7(8)13/h1-2H3. The summed E-state index contributed by atoms with van der Waals surface area (Å²) in [6.07, 6.45) is 0. The lowest BCUT2D eigenvalue weighted by molar-refractivity contribution is 0.383. The predicted molar refractivity (Wildman–Crippen MR) is 45.3 cm³/mol. The summed E-state index contributed by atoms with van der Waals surface area (Å²) in [6, 6.07) is 0. The SMILES string of the molecule is CP(C)(=O)c1c(F)c(F)c(F)c(F)c1F. The van der Waals surface area contributed by atoms with Crippen molar-refractivity contribution in [1.29, 1.82) is 0 Å². The topological polar surface area (TPSA) is 17.1 Å². The van der Waals surface area contributed by atoms with Gasteiger partial charge in [0, 0.05) is 0 Å². The van der Waals surface area contributed by atoms with Gasteiger partial charge in [0.05, 0.1) is 5.30 Å². The second-order valence-electron chi connectivity index (χ2n) is 3.27. The summed E-state index contributed by atoms with van der Waals surface area (Å²) >= 11 is 0. The zero-order chi connectivity index (χ0) is 12.0. The molecule has 1 aromatic rings. The van der Waals surface area contributed by atoms with Gasteiger partial charge in [-0.15, -0.1) is 0 Å². The van der Waals surface area contributed by atoms with Crippen LogP contribution in [0.2, 0.25) is 0 Å². The second-order valence-corrected chi connectivity index (χ2v) is 6.42. The molecule has 0 aliphatic heterocycles. The maximum absolute atomic E-state index is 13.0. The zero-order valence-corrected chi connectivity index (χ0v) is 8.64. The molecule has 0 aliphatic rings. The van der Waals surface area contributed by atoms with Crippen LogP contribution in [0.3, 0.4) is 0 Å². The van der Waals surface area contributed by atoms with Crippen molar-refractivity contribution in [3.8, 4) is 0 Å². The van der Waals surface area contributed by atoms with Gasteiger partial charge in [0.25, 0.3) is 0 Å². The molecule has 0 heterocycles. The van der Waals surface area contributed by atoms with Crippen molar-refractivity contribution in [2.45, 2.75) is 0 Å². The highest BCUT2D eigenvalue weighted by Gasteiger charge is 2.31. The van der Waals surface area contributed by atoms with E-state index >= 15 is 0 Å². The monoisotopic (exact) mass is 244 g/mol. The molecular formula is C8H6F5OP. The normalized spacial score (nSPS) is 11.9. The first-order valence-corrected chi connectivity index (χ1v) is 6.35. The van der Waals surface area contributed by atoms with Crippen LogP contribution >= 0.6 is 7.14 Å². The molecule has 0 unspecified atom stereocenters. The van der Waals surface area contributed by atoms with Gasteiger partial charge in [-0.3, -0.25) is 0 Å². The molecule has 0 aromatic heterocycles. The van der Waals surface area contributed by atoms with Gasteiger partial charge >= 0.3 is 0 Å². The van der Waals surface area contributed by atoms with Crippen molar-refractivity contribution in [2.24, 2.45) is 0 Å². The molecule has 1 aromatic carbocycles. The highest BCUT2D eigenvalue weighted by Crippen LogP contribution is 2.38. The van der Waals surface area contributed by atoms with Crippen molar-refractivity contribution in [3.05, 3.63) is 29.1 Å². The van der Waals surface area contributed by atoms with Gasteiger partial charge in [0.15, 0.2) is 23.3 Å². The molecule has 0 aliphatic carbocycles. The molecular weight excluding hydrogens is 238 g/mol. The largest absolute Gasteiger partial charge is 0.319 e. The zero-order valence-electron chi connectivity index (χ0n) is 7.75. The molecule has 15 heavy (non-hydrogen) atoms. The Morgan fingerprint density at radius 1 is 0.733 bits per heavy atom. The van der Waals surface area contributed by atoms with E-state index in [4.69, 9.17) is 0 Å². The minimum atomic E-state index is -3.56. The van der Waals surface area contributed by atoms with E-state index in [-0.39, 0.29) is 0 Å². The Balaban J connectivity index is 3.76. The Kier molecular flexibility index (Phi) is 2.92. The quantitative estimate of drug-likeness (QED) is 0.321. The van der Waals surface area contributed by atoms with Crippen LogP contribution in [-0.2, 0) is 4.57 Å². The molecule has 7 heteroatoms. The van der Waals surface area contributed by atoms with Gasteiger partial charge in [0.2, 0.25) is 5.82 Å². The molecule has 0 saturated carbocycles. The second kappa shape index (κ2) is 3.59. The molecule has 0 spiro atoms. The highest BCUT2D eigenvalue weighted by molar-refractivity contribution is 7.70. The van der Waals surface area contributed by atoms with Crippen LogP contribution in [0.5, 0.6) is 0 Å². The number of hydrogen-bond acceptors (Lipinski definition) is 1. The maximum Gasteiger partial charge on any atom is 0.200 e. The van der Waals surface area contributed by atoms with E-state index in [1.165, 1.54) is 0 Å². The lowest BCUT2D eigenvalue weighted by Gasteiger charge is -2.11. The van der Waals surface area contributed by atoms with E-state index in [1.807, 2.05) is 0 Å².